The second-order valence-corrected chi connectivity index (χ2v) is 5.44. The third kappa shape index (κ3) is 3.63. The van der Waals surface area contributed by atoms with Gasteiger partial charge in [-0.25, -0.2) is 0 Å². The summed E-state index contributed by atoms with van der Waals surface area (Å²) in [5, 5.41) is 4.22. The van der Waals surface area contributed by atoms with E-state index in [0.717, 1.165) is 12.3 Å². The molecule has 0 aliphatic carbocycles. The Morgan fingerprint density at radius 2 is 1.94 bits per heavy atom. The molecule has 0 aliphatic heterocycles. The molecule has 0 heterocycles. The summed E-state index contributed by atoms with van der Waals surface area (Å²) in [5.41, 5.74) is 1.23. The number of benzene rings is 1. The van der Waals surface area contributed by atoms with Crippen molar-refractivity contribution in [3.05, 3.63) is 28.8 Å². The Labute approximate surface area is 116 Å². The zero-order valence-electron chi connectivity index (χ0n) is 12.0. The standard InChI is InChI=1S/C15H24ClNO/c1-6-17-15(11(4)10(2)3)12-7-8-14(18-5)13(16)9-12/h7-11,15,17H,6H2,1-5H3. The van der Waals surface area contributed by atoms with Crippen molar-refractivity contribution in [3.8, 4) is 5.75 Å². The van der Waals surface area contributed by atoms with Crippen molar-refractivity contribution in [1.29, 1.82) is 0 Å². The highest BCUT2D eigenvalue weighted by Gasteiger charge is 2.21. The van der Waals surface area contributed by atoms with Crippen LogP contribution in [0.1, 0.15) is 39.3 Å². The fourth-order valence-corrected chi connectivity index (χ4v) is 2.35. The molecule has 1 N–H and O–H groups in total. The molecule has 0 radical (unpaired) electrons. The molecule has 0 saturated carbocycles. The molecular weight excluding hydrogens is 246 g/mol. The molecule has 0 aromatic heterocycles. The average molecular weight is 270 g/mol. The lowest BCUT2D eigenvalue weighted by Crippen LogP contribution is -2.29. The minimum atomic E-state index is 0.332. The molecule has 102 valence electrons. The monoisotopic (exact) mass is 269 g/mol. The summed E-state index contributed by atoms with van der Waals surface area (Å²) in [7, 11) is 1.64. The van der Waals surface area contributed by atoms with E-state index < -0.39 is 0 Å². The van der Waals surface area contributed by atoms with Gasteiger partial charge in [0.05, 0.1) is 12.1 Å². The van der Waals surface area contributed by atoms with Crippen LogP contribution >= 0.6 is 11.6 Å². The van der Waals surface area contributed by atoms with Crippen molar-refractivity contribution in [3.63, 3.8) is 0 Å². The summed E-state index contributed by atoms with van der Waals surface area (Å²) in [4.78, 5) is 0. The molecule has 1 rings (SSSR count). The van der Waals surface area contributed by atoms with Gasteiger partial charge >= 0.3 is 0 Å². The van der Waals surface area contributed by atoms with Gasteiger partial charge in [0.15, 0.2) is 0 Å². The van der Waals surface area contributed by atoms with Crippen molar-refractivity contribution in [2.75, 3.05) is 13.7 Å². The van der Waals surface area contributed by atoms with Crippen molar-refractivity contribution in [1.82, 2.24) is 5.32 Å². The van der Waals surface area contributed by atoms with E-state index in [1.165, 1.54) is 5.56 Å². The Kier molecular flexibility index (Phi) is 5.97. The first kappa shape index (κ1) is 15.3. The lowest BCUT2D eigenvalue weighted by Gasteiger charge is -2.28. The highest BCUT2D eigenvalue weighted by molar-refractivity contribution is 6.32. The predicted molar refractivity (Wildman–Crippen MR) is 78.4 cm³/mol. The molecular formula is C15H24ClNO. The molecule has 0 saturated heterocycles. The molecule has 0 fully saturated rings. The fourth-order valence-electron chi connectivity index (χ4n) is 2.09. The van der Waals surface area contributed by atoms with Crippen molar-refractivity contribution >= 4 is 11.6 Å². The van der Waals surface area contributed by atoms with Crippen LogP contribution in [0.15, 0.2) is 18.2 Å². The Bertz CT molecular complexity index is 379. The zero-order valence-corrected chi connectivity index (χ0v) is 12.7. The quantitative estimate of drug-likeness (QED) is 0.832. The first-order valence-electron chi connectivity index (χ1n) is 6.58. The molecule has 0 bridgehead atoms. The van der Waals surface area contributed by atoms with Gasteiger partial charge in [-0.1, -0.05) is 45.4 Å². The highest BCUT2D eigenvalue weighted by Crippen LogP contribution is 2.32. The fraction of sp³-hybridized carbons (Fsp3) is 0.600. The van der Waals surface area contributed by atoms with E-state index in [2.05, 4.69) is 39.1 Å². The molecule has 18 heavy (non-hydrogen) atoms. The lowest BCUT2D eigenvalue weighted by atomic mass is 9.86. The predicted octanol–water partition coefficient (Wildman–Crippen LogP) is 4.29. The van der Waals surface area contributed by atoms with Crippen molar-refractivity contribution in [2.45, 2.75) is 33.7 Å². The molecule has 2 unspecified atom stereocenters. The minimum absolute atomic E-state index is 0.332. The van der Waals surface area contributed by atoms with Gasteiger partial charge in [-0.2, -0.15) is 0 Å². The van der Waals surface area contributed by atoms with Crippen LogP contribution in [0.4, 0.5) is 0 Å². The van der Waals surface area contributed by atoms with Crippen LogP contribution in [0.25, 0.3) is 0 Å². The number of methoxy groups -OCH3 is 1. The Balaban J connectivity index is 3.02. The maximum atomic E-state index is 6.21. The maximum absolute atomic E-state index is 6.21. The van der Waals surface area contributed by atoms with Crippen LogP contribution < -0.4 is 10.1 Å². The van der Waals surface area contributed by atoms with Gasteiger partial charge in [0.2, 0.25) is 0 Å². The first-order valence-corrected chi connectivity index (χ1v) is 6.95. The van der Waals surface area contributed by atoms with Gasteiger partial charge in [0, 0.05) is 6.04 Å². The van der Waals surface area contributed by atoms with Crippen LogP contribution in [0.3, 0.4) is 0 Å². The van der Waals surface area contributed by atoms with Gasteiger partial charge in [0.1, 0.15) is 5.75 Å². The molecule has 0 spiro atoms. The van der Waals surface area contributed by atoms with Crippen LogP contribution in [-0.4, -0.2) is 13.7 Å². The number of hydrogen-bond acceptors (Lipinski definition) is 2. The van der Waals surface area contributed by atoms with E-state index >= 15 is 0 Å². The molecule has 1 aromatic rings. The van der Waals surface area contributed by atoms with Gasteiger partial charge < -0.3 is 10.1 Å². The third-order valence-electron chi connectivity index (χ3n) is 3.54. The van der Waals surface area contributed by atoms with E-state index in [4.69, 9.17) is 16.3 Å². The summed E-state index contributed by atoms with van der Waals surface area (Å²) in [6, 6.07) is 6.37. The van der Waals surface area contributed by atoms with Gasteiger partial charge in [-0.3, -0.25) is 0 Å². The molecule has 0 aliphatic rings. The second kappa shape index (κ2) is 7.01. The van der Waals surface area contributed by atoms with Crippen LogP contribution in [0, 0.1) is 11.8 Å². The number of hydrogen-bond donors (Lipinski definition) is 1. The van der Waals surface area contributed by atoms with Crippen LogP contribution in [0.5, 0.6) is 5.75 Å². The average Bonchev–Trinajstić information content (AvgIpc) is 2.35. The maximum Gasteiger partial charge on any atom is 0.137 e. The Hall–Kier alpha value is -0.730. The molecule has 1 aromatic carbocycles. The van der Waals surface area contributed by atoms with Gasteiger partial charge in [-0.05, 0) is 36.1 Å². The third-order valence-corrected chi connectivity index (χ3v) is 3.83. The van der Waals surface area contributed by atoms with Crippen LogP contribution in [-0.2, 0) is 0 Å². The Morgan fingerprint density at radius 3 is 2.39 bits per heavy atom. The second-order valence-electron chi connectivity index (χ2n) is 5.03. The first-order chi connectivity index (χ1) is 8.51. The summed E-state index contributed by atoms with van der Waals surface area (Å²) in [6.45, 7) is 9.85. The normalized spacial score (nSPS) is 14.6. The summed E-state index contributed by atoms with van der Waals surface area (Å²) < 4.78 is 5.20. The molecule has 2 nitrogen and oxygen atoms in total. The molecule has 3 heteroatoms. The van der Waals surface area contributed by atoms with E-state index in [-0.39, 0.29) is 0 Å². The smallest absolute Gasteiger partial charge is 0.137 e. The van der Waals surface area contributed by atoms with Crippen LogP contribution in [0.2, 0.25) is 5.02 Å². The number of nitrogens with one attached hydrogen (secondary N) is 1. The van der Waals surface area contributed by atoms with Gasteiger partial charge in [0.25, 0.3) is 0 Å². The Morgan fingerprint density at radius 1 is 1.28 bits per heavy atom. The summed E-state index contributed by atoms with van der Waals surface area (Å²) in [6.07, 6.45) is 0. The molecule has 2 atom stereocenters. The van der Waals surface area contributed by atoms with Crippen molar-refractivity contribution in [2.24, 2.45) is 11.8 Å². The van der Waals surface area contributed by atoms with E-state index in [0.29, 0.717) is 22.9 Å². The molecule has 0 amide bonds. The van der Waals surface area contributed by atoms with E-state index in [1.807, 2.05) is 12.1 Å². The topological polar surface area (TPSA) is 21.3 Å². The van der Waals surface area contributed by atoms with E-state index in [1.54, 1.807) is 7.11 Å². The zero-order chi connectivity index (χ0) is 13.7. The summed E-state index contributed by atoms with van der Waals surface area (Å²) in [5.74, 6) is 1.90. The lowest BCUT2D eigenvalue weighted by molar-refractivity contribution is 0.307. The summed E-state index contributed by atoms with van der Waals surface area (Å²) >= 11 is 6.21. The largest absolute Gasteiger partial charge is 0.495 e. The number of rotatable bonds is 6. The van der Waals surface area contributed by atoms with E-state index in [9.17, 15) is 0 Å². The number of halogens is 1. The highest BCUT2D eigenvalue weighted by atomic mass is 35.5. The van der Waals surface area contributed by atoms with Crippen molar-refractivity contribution < 1.29 is 4.74 Å². The van der Waals surface area contributed by atoms with Gasteiger partial charge in [-0.15, -0.1) is 0 Å². The number of ether oxygens (including phenoxy) is 1. The SMILES string of the molecule is CCNC(c1ccc(OC)c(Cl)c1)C(C)C(C)C. The minimum Gasteiger partial charge on any atom is -0.495 e.